The first-order valence-electron chi connectivity index (χ1n) is 4.70. The quantitative estimate of drug-likeness (QED) is 0.616. The minimum absolute atomic E-state index is 0.0799. The largest absolute Gasteiger partial charge is 0.447 e. The molecule has 74 valence electrons. The van der Waals surface area contributed by atoms with E-state index >= 15 is 0 Å². The van der Waals surface area contributed by atoms with Crippen molar-refractivity contribution in [1.29, 1.82) is 0 Å². The molecule has 4 heteroatoms. The standard InChI is InChI=1S/C9H15NO3/c1-6-3-7-5-13-9(11)10(7)8(4-6)12-2/h6-8H,3-5H2,1-2H3/t6-,7-,8+/m1/s1. The highest BCUT2D eigenvalue weighted by atomic mass is 16.6. The summed E-state index contributed by atoms with van der Waals surface area (Å²) in [6.45, 7) is 2.72. The zero-order valence-electron chi connectivity index (χ0n) is 8.03. The van der Waals surface area contributed by atoms with Gasteiger partial charge in [-0.1, -0.05) is 6.92 Å². The van der Waals surface area contributed by atoms with Crippen LogP contribution in [0.2, 0.25) is 0 Å². The third kappa shape index (κ3) is 1.39. The second-order valence-corrected chi connectivity index (χ2v) is 3.90. The van der Waals surface area contributed by atoms with Crippen molar-refractivity contribution >= 4 is 6.09 Å². The third-order valence-electron chi connectivity index (χ3n) is 2.86. The maximum Gasteiger partial charge on any atom is 0.412 e. The molecule has 2 fully saturated rings. The van der Waals surface area contributed by atoms with Gasteiger partial charge >= 0.3 is 6.09 Å². The lowest BCUT2D eigenvalue weighted by Crippen LogP contribution is -2.48. The molecule has 0 bridgehead atoms. The first-order chi connectivity index (χ1) is 6.22. The third-order valence-corrected chi connectivity index (χ3v) is 2.86. The number of methoxy groups -OCH3 is 1. The van der Waals surface area contributed by atoms with Gasteiger partial charge in [0.2, 0.25) is 0 Å². The number of amides is 1. The maximum atomic E-state index is 11.3. The van der Waals surface area contributed by atoms with Crippen molar-refractivity contribution in [3.05, 3.63) is 0 Å². The first kappa shape index (κ1) is 8.81. The molecule has 0 N–H and O–H groups in total. The number of ether oxygens (including phenoxy) is 2. The molecule has 2 aliphatic heterocycles. The number of nitrogens with zero attached hydrogens (tertiary/aromatic N) is 1. The Hall–Kier alpha value is -0.770. The normalized spacial score (nSPS) is 38.8. The van der Waals surface area contributed by atoms with Crippen LogP contribution in [0.15, 0.2) is 0 Å². The molecule has 2 rings (SSSR count). The van der Waals surface area contributed by atoms with E-state index in [0.717, 1.165) is 12.8 Å². The lowest BCUT2D eigenvalue weighted by atomic mass is 9.92. The van der Waals surface area contributed by atoms with E-state index in [4.69, 9.17) is 9.47 Å². The van der Waals surface area contributed by atoms with Crippen molar-refractivity contribution in [2.45, 2.75) is 32.0 Å². The molecule has 0 aromatic rings. The SMILES string of the molecule is CO[C@H]1C[C@H](C)C[C@@H]2COC(=O)N21. The number of cyclic esters (lactones) is 1. The summed E-state index contributed by atoms with van der Waals surface area (Å²) in [5.41, 5.74) is 0. The fraction of sp³-hybridized carbons (Fsp3) is 0.889. The summed E-state index contributed by atoms with van der Waals surface area (Å²) in [7, 11) is 1.64. The summed E-state index contributed by atoms with van der Waals surface area (Å²) in [6, 6.07) is 0.237. The van der Waals surface area contributed by atoms with Gasteiger partial charge in [-0.15, -0.1) is 0 Å². The molecule has 2 aliphatic rings. The minimum Gasteiger partial charge on any atom is -0.447 e. The minimum atomic E-state index is -0.219. The Labute approximate surface area is 77.8 Å². The van der Waals surface area contributed by atoms with E-state index in [9.17, 15) is 4.79 Å². The van der Waals surface area contributed by atoms with Crippen LogP contribution in [0, 0.1) is 5.92 Å². The zero-order valence-corrected chi connectivity index (χ0v) is 8.03. The number of rotatable bonds is 1. The lowest BCUT2D eigenvalue weighted by molar-refractivity contribution is -0.0561. The molecule has 0 aliphatic carbocycles. The summed E-state index contributed by atoms with van der Waals surface area (Å²) in [5.74, 6) is 0.612. The molecule has 0 unspecified atom stereocenters. The van der Waals surface area contributed by atoms with Crippen molar-refractivity contribution in [1.82, 2.24) is 4.90 Å². The second-order valence-electron chi connectivity index (χ2n) is 3.90. The monoisotopic (exact) mass is 185 g/mol. The zero-order chi connectivity index (χ0) is 9.42. The van der Waals surface area contributed by atoms with Gasteiger partial charge in [-0.05, 0) is 18.8 Å². The molecule has 2 saturated heterocycles. The highest BCUT2D eigenvalue weighted by Crippen LogP contribution is 2.31. The molecule has 2 heterocycles. The summed E-state index contributed by atoms with van der Waals surface area (Å²) < 4.78 is 10.3. The van der Waals surface area contributed by atoms with Gasteiger partial charge in [0.05, 0.1) is 6.04 Å². The number of carbonyl (C=O) groups is 1. The second kappa shape index (κ2) is 3.18. The van der Waals surface area contributed by atoms with Crippen molar-refractivity contribution in [3.8, 4) is 0 Å². The van der Waals surface area contributed by atoms with Gasteiger partial charge in [0, 0.05) is 7.11 Å². The molecule has 3 atom stereocenters. The van der Waals surface area contributed by atoms with Gasteiger partial charge in [-0.3, -0.25) is 4.90 Å². The maximum absolute atomic E-state index is 11.3. The van der Waals surface area contributed by atoms with Crippen LogP contribution in [0.1, 0.15) is 19.8 Å². The van der Waals surface area contributed by atoms with Gasteiger partial charge in [0.1, 0.15) is 12.8 Å². The van der Waals surface area contributed by atoms with Crippen LogP contribution in [0.3, 0.4) is 0 Å². The van der Waals surface area contributed by atoms with Crippen LogP contribution >= 0.6 is 0 Å². The fourth-order valence-electron chi connectivity index (χ4n) is 2.23. The molecular formula is C9H15NO3. The topological polar surface area (TPSA) is 38.8 Å². The number of carbonyl (C=O) groups excluding carboxylic acids is 1. The van der Waals surface area contributed by atoms with Crippen LogP contribution in [0.4, 0.5) is 4.79 Å². The Morgan fingerprint density at radius 3 is 3.00 bits per heavy atom. The first-order valence-corrected chi connectivity index (χ1v) is 4.70. The molecular weight excluding hydrogens is 170 g/mol. The summed E-state index contributed by atoms with van der Waals surface area (Å²) in [5, 5.41) is 0. The lowest BCUT2D eigenvalue weighted by Gasteiger charge is -2.37. The molecule has 0 aromatic carbocycles. The van der Waals surface area contributed by atoms with E-state index in [-0.39, 0.29) is 18.4 Å². The number of hydrogen-bond acceptors (Lipinski definition) is 3. The van der Waals surface area contributed by atoms with Crippen LogP contribution in [0.5, 0.6) is 0 Å². The molecule has 1 amide bonds. The average Bonchev–Trinajstić information content (AvgIpc) is 2.46. The Kier molecular flexibility index (Phi) is 2.15. The van der Waals surface area contributed by atoms with Crippen LogP contribution in [-0.4, -0.2) is 37.0 Å². The number of fused-ring (bicyclic) bond motifs is 1. The average molecular weight is 185 g/mol. The van der Waals surface area contributed by atoms with Gasteiger partial charge < -0.3 is 9.47 Å². The van der Waals surface area contributed by atoms with Crippen molar-refractivity contribution in [3.63, 3.8) is 0 Å². The van der Waals surface area contributed by atoms with E-state index in [1.54, 1.807) is 12.0 Å². The van der Waals surface area contributed by atoms with E-state index in [2.05, 4.69) is 6.92 Å². The van der Waals surface area contributed by atoms with E-state index in [1.807, 2.05) is 0 Å². The predicted octanol–water partition coefficient (Wildman–Crippen LogP) is 1.21. The summed E-state index contributed by atoms with van der Waals surface area (Å²) in [4.78, 5) is 13.0. The number of piperidine rings is 1. The van der Waals surface area contributed by atoms with Crippen molar-refractivity contribution in [2.24, 2.45) is 5.92 Å². The van der Waals surface area contributed by atoms with Crippen LogP contribution in [0.25, 0.3) is 0 Å². The van der Waals surface area contributed by atoms with Crippen molar-refractivity contribution in [2.75, 3.05) is 13.7 Å². The Morgan fingerprint density at radius 2 is 2.31 bits per heavy atom. The Bertz CT molecular complexity index is 219. The molecule has 0 radical (unpaired) electrons. The number of hydrogen-bond donors (Lipinski definition) is 0. The molecule has 0 spiro atoms. The Balaban J connectivity index is 2.14. The van der Waals surface area contributed by atoms with Crippen LogP contribution in [-0.2, 0) is 9.47 Å². The van der Waals surface area contributed by atoms with E-state index in [0.29, 0.717) is 12.5 Å². The fourth-order valence-corrected chi connectivity index (χ4v) is 2.23. The van der Waals surface area contributed by atoms with Gasteiger partial charge in [-0.25, -0.2) is 4.79 Å². The van der Waals surface area contributed by atoms with E-state index in [1.165, 1.54) is 0 Å². The van der Waals surface area contributed by atoms with E-state index < -0.39 is 0 Å². The molecule has 0 saturated carbocycles. The van der Waals surface area contributed by atoms with Gasteiger partial charge in [0.15, 0.2) is 0 Å². The Morgan fingerprint density at radius 1 is 1.54 bits per heavy atom. The molecule has 4 nitrogen and oxygen atoms in total. The smallest absolute Gasteiger partial charge is 0.412 e. The summed E-state index contributed by atoms with van der Waals surface area (Å²) >= 11 is 0. The molecule has 13 heavy (non-hydrogen) atoms. The molecule has 0 aromatic heterocycles. The van der Waals surface area contributed by atoms with Gasteiger partial charge in [-0.2, -0.15) is 0 Å². The van der Waals surface area contributed by atoms with Gasteiger partial charge in [0.25, 0.3) is 0 Å². The highest BCUT2D eigenvalue weighted by molar-refractivity contribution is 5.70. The highest BCUT2D eigenvalue weighted by Gasteiger charge is 2.42. The van der Waals surface area contributed by atoms with Crippen molar-refractivity contribution < 1.29 is 14.3 Å². The summed E-state index contributed by atoms with van der Waals surface area (Å²) in [6.07, 6.45) is 1.65. The predicted molar refractivity (Wildman–Crippen MR) is 46.2 cm³/mol. The van der Waals surface area contributed by atoms with Crippen LogP contribution < -0.4 is 0 Å².